The molecule has 0 aromatic carbocycles. The van der Waals surface area contributed by atoms with Gasteiger partial charge in [-0.15, -0.1) is 0 Å². The molecule has 0 aromatic rings. The van der Waals surface area contributed by atoms with Gasteiger partial charge in [-0.05, 0) is 24.8 Å². The van der Waals surface area contributed by atoms with E-state index in [4.69, 9.17) is 0 Å². The minimum absolute atomic E-state index is 0.359. The Balaban J connectivity index is 4.13. The van der Waals surface area contributed by atoms with Gasteiger partial charge in [-0.2, -0.15) is 0 Å². The molecular formula is C12H22O. The zero-order chi connectivity index (χ0) is 10.1. The van der Waals surface area contributed by atoms with Gasteiger partial charge in [-0.3, -0.25) is 4.79 Å². The lowest BCUT2D eigenvalue weighted by molar-refractivity contribution is -0.115. The highest BCUT2D eigenvalue weighted by atomic mass is 16.1. The zero-order valence-corrected chi connectivity index (χ0v) is 9.23. The molecule has 0 aromatic heterocycles. The molecule has 0 fully saturated rings. The van der Waals surface area contributed by atoms with Crippen molar-refractivity contribution in [1.82, 2.24) is 0 Å². The van der Waals surface area contributed by atoms with Gasteiger partial charge in [0.1, 0.15) is 0 Å². The molecule has 0 heterocycles. The van der Waals surface area contributed by atoms with Crippen molar-refractivity contribution in [3.63, 3.8) is 0 Å². The van der Waals surface area contributed by atoms with Gasteiger partial charge in [0.25, 0.3) is 0 Å². The first-order valence-electron chi connectivity index (χ1n) is 5.48. The summed E-state index contributed by atoms with van der Waals surface area (Å²) in [6, 6.07) is 0. The van der Waals surface area contributed by atoms with E-state index >= 15 is 0 Å². The van der Waals surface area contributed by atoms with Crippen molar-refractivity contribution >= 4 is 5.78 Å². The zero-order valence-electron chi connectivity index (χ0n) is 9.23. The van der Waals surface area contributed by atoms with Gasteiger partial charge in [0, 0.05) is 6.42 Å². The molecule has 0 bridgehead atoms. The van der Waals surface area contributed by atoms with Crippen LogP contribution in [0.4, 0.5) is 0 Å². The Morgan fingerprint density at radius 1 is 1.00 bits per heavy atom. The second-order valence-electron chi connectivity index (χ2n) is 3.44. The molecule has 13 heavy (non-hydrogen) atoms. The third-order valence-electron chi connectivity index (χ3n) is 2.03. The molecule has 0 radical (unpaired) electrons. The van der Waals surface area contributed by atoms with E-state index < -0.39 is 0 Å². The number of allylic oxidation sites excluding steroid dienone is 2. The average Bonchev–Trinajstić information content (AvgIpc) is 2.12. The van der Waals surface area contributed by atoms with Crippen molar-refractivity contribution in [3.05, 3.63) is 11.6 Å². The summed E-state index contributed by atoms with van der Waals surface area (Å²) >= 11 is 0. The monoisotopic (exact) mass is 182 g/mol. The van der Waals surface area contributed by atoms with Crippen LogP contribution in [0.5, 0.6) is 0 Å². The first kappa shape index (κ1) is 12.4. The quantitative estimate of drug-likeness (QED) is 0.546. The molecule has 0 amide bonds. The van der Waals surface area contributed by atoms with E-state index in [0.717, 1.165) is 44.1 Å². The molecule has 0 aliphatic rings. The summed E-state index contributed by atoms with van der Waals surface area (Å²) in [6.07, 6.45) is 8.02. The Morgan fingerprint density at radius 2 is 1.62 bits per heavy atom. The largest absolute Gasteiger partial charge is 0.295 e. The van der Waals surface area contributed by atoms with Crippen LogP contribution < -0.4 is 0 Å². The third-order valence-corrected chi connectivity index (χ3v) is 2.03. The average molecular weight is 182 g/mol. The summed E-state index contributed by atoms with van der Waals surface area (Å²) in [5.41, 5.74) is 1.06. The number of hydrogen-bond acceptors (Lipinski definition) is 1. The predicted octanol–water partition coefficient (Wildman–Crippen LogP) is 3.88. The Morgan fingerprint density at radius 3 is 2.08 bits per heavy atom. The number of hydrogen-bond donors (Lipinski definition) is 0. The van der Waals surface area contributed by atoms with Crippen molar-refractivity contribution in [2.24, 2.45) is 0 Å². The molecule has 0 aliphatic heterocycles. The van der Waals surface area contributed by atoms with E-state index in [0.29, 0.717) is 5.78 Å². The fourth-order valence-electron chi connectivity index (χ4n) is 1.33. The van der Waals surface area contributed by atoms with Crippen LogP contribution in [0.25, 0.3) is 0 Å². The molecule has 1 nitrogen and oxygen atoms in total. The summed E-state index contributed by atoms with van der Waals surface area (Å²) in [5.74, 6) is 0.359. The molecule has 0 spiro atoms. The normalized spacial score (nSPS) is 11.8. The molecule has 0 unspecified atom stereocenters. The first-order valence-corrected chi connectivity index (χ1v) is 5.48. The van der Waals surface area contributed by atoms with E-state index in [-0.39, 0.29) is 0 Å². The maximum Gasteiger partial charge on any atom is 0.158 e. The highest BCUT2D eigenvalue weighted by Gasteiger charge is 2.05. The molecule has 0 saturated heterocycles. The Bertz CT molecular complexity index is 168. The second-order valence-corrected chi connectivity index (χ2v) is 3.44. The van der Waals surface area contributed by atoms with Crippen LogP contribution in [0.2, 0.25) is 0 Å². The molecule has 0 rings (SSSR count). The summed E-state index contributed by atoms with van der Waals surface area (Å²) in [7, 11) is 0. The third kappa shape index (κ3) is 5.62. The molecule has 0 aliphatic carbocycles. The lowest BCUT2D eigenvalue weighted by Gasteiger charge is -2.03. The number of Topliss-reactive ketones (excluding diaryl/α,β-unsaturated/α-hetero) is 1. The van der Waals surface area contributed by atoms with Crippen LogP contribution >= 0.6 is 0 Å². The smallest absolute Gasteiger partial charge is 0.158 e. The molecule has 76 valence electrons. The van der Waals surface area contributed by atoms with Crippen molar-refractivity contribution in [1.29, 1.82) is 0 Å². The molecule has 0 saturated carbocycles. The fraction of sp³-hybridized carbons (Fsp3) is 0.750. The van der Waals surface area contributed by atoms with Crippen molar-refractivity contribution in [2.75, 3.05) is 0 Å². The summed E-state index contributed by atoms with van der Waals surface area (Å²) < 4.78 is 0. The number of carbonyl (C=O) groups excluding carboxylic acids is 1. The van der Waals surface area contributed by atoms with E-state index in [2.05, 4.69) is 26.8 Å². The minimum atomic E-state index is 0.359. The summed E-state index contributed by atoms with van der Waals surface area (Å²) in [5, 5.41) is 0. The molecule has 0 N–H and O–H groups in total. The van der Waals surface area contributed by atoms with Crippen LogP contribution in [0.3, 0.4) is 0 Å². The van der Waals surface area contributed by atoms with Crippen molar-refractivity contribution < 1.29 is 4.79 Å². The maximum absolute atomic E-state index is 11.6. The van der Waals surface area contributed by atoms with Gasteiger partial charge in [0.2, 0.25) is 0 Å². The lowest BCUT2D eigenvalue weighted by atomic mass is 10.0. The highest BCUT2D eigenvalue weighted by Crippen LogP contribution is 2.11. The Labute approximate surface area is 82.2 Å². The fourth-order valence-corrected chi connectivity index (χ4v) is 1.33. The van der Waals surface area contributed by atoms with Crippen LogP contribution in [0, 0.1) is 0 Å². The van der Waals surface area contributed by atoms with Crippen LogP contribution in [0.1, 0.15) is 59.3 Å². The molecular weight excluding hydrogens is 160 g/mol. The number of carbonyl (C=O) groups is 1. The van der Waals surface area contributed by atoms with Crippen molar-refractivity contribution in [3.8, 4) is 0 Å². The SMILES string of the molecule is CCCC=C(CCC)C(=O)CCC. The van der Waals surface area contributed by atoms with Gasteiger partial charge < -0.3 is 0 Å². The van der Waals surface area contributed by atoms with Crippen molar-refractivity contribution in [2.45, 2.75) is 59.3 Å². The predicted molar refractivity (Wildman–Crippen MR) is 57.8 cm³/mol. The number of rotatable bonds is 7. The minimum Gasteiger partial charge on any atom is -0.295 e. The van der Waals surface area contributed by atoms with Gasteiger partial charge in [-0.1, -0.05) is 39.7 Å². The topological polar surface area (TPSA) is 17.1 Å². The standard InChI is InChI=1S/C12H22O/c1-4-7-10-11(8-5-2)12(13)9-6-3/h10H,4-9H2,1-3H3. The first-order chi connectivity index (χ1) is 6.26. The van der Waals surface area contributed by atoms with Gasteiger partial charge in [-0.25, -0.2) is 0 Å². The van der Waals surface area contributed by atoms with Gasteiger partial charge >= 0.3 is 0 Å². The van der Waals surface area contributed by atoms with E-state index in [1.54, 1.807) is 0 Å². The lowest BCUT2D eigenvalue weighted by Crippen LogP contribution is -2.01. The number of unbranched alkanes of at least 4 members (excludes halogenated alkanes) is 1. The van der Waals surface area contributed by atoms with Gasteiger partial charge in [0.05, 0.1) is 0 Å². The number of ketones is 1. The van der Waals surface area contributed by atoms with Gasteiger partial charge in [0.15, 0.2) is 5.78 Å². The highest BCUT2D eigenvalue weighted by molar-refractivity contribution is 5.95. The van der Waals surface area contributed by atoms with E-state index in [9.17, 15) is 4.79 Å². The summed E-state index contributed by atoms with van der Waals surface area (Å²) in [6.45, 7) is 6.32. The molecule has 1 heteroatoms. The van der Waals surface area contributed by atoms with Crippen LogP contribution in [0.15, 0.2) is 11.6 Å². The van der Waals surface area contributed by atoms with E-state index in [1.807, 2.05) is 0 Å². The maximum atomic E-state index is 11.6. The Hall–Kier alpha value is -0.590. The second kappa shape index (κ2) is 8.03. The Kier molecular flexibility index (Phi) is 7.66. The summed E-state index contributed by atoms with van der Waals surface area (Å²) in [4.78, 5) is 11.6. The van der Waals surface area contributed by atoms with Crippen LogP contribution in [-0.2, 0) is 4.79 Å². The molecule has 0 atom stereocenters. The van der Waals surface area contributed by atoms with Crippen LogP contribution in [-0.4, -0.2) is 5.78 Å². The van der Waals surface area contributed by atoms with E-state index in [1.165, 1.54) is 0 Å².